The van der Waals surface area contributed by atoms with Crippen LogP contribution in [0, 0.1) is 0 Å². The van der Waals surface area contributed by atoms with Crippen molar-refractivity contribution in [3.63, 3.8) is 0 Å². The first kappa shape index (κ1) is 58.2. The van der Waals surface area contributed by atoms with Crippen molar-refractivity contribution in [3.8, 4) is 0 Å². The van der Waals surface area contributed by atoms with Gasteiger partial charge < -0.3 is 0 Å². The number of nitrogens with zero attached hydrogens (tertiary/aromatic N) is 2. The van der Waals surface area contributed by atoms with Gasteiger partial charge in [-0.3, -0.25) is 0 Å². The summed E-state index contributed by atoms with van der Waals surface area (Å²) in [6.45, 7) is 9.24. The molecule has 0 aliphatic heterocycles. The summed E-state index contributed by atoms with van der Waals surface area (Å²) < 4.78 is 23.0. The van der Waals surface area contributed by atoms with Gasteiger partial charge in [-0.25, -0.2) is 0 Å². The maximum absolute atomic E-state index is 7.87. The molecule has 336 valence electrons. The number of isothiocyanates is 2. The van der Waals surface area contributed by atoms with E-state index in [2.05, 4.69) is 38.0 Å². The molecular weight excluding hydrogens is 946 g/mol. The van der Waals surface area contributed by atoms with Gasteiger partial charge in [-0.05, 0) is 0 Å². The quantitative estimate of drug-likeness (QED) is 0.0264. The molecule has 3 nitrogen and oxygen atoms in total. The van der Waals surface area contributed by atoms with E-state index in [4.69, 9.17) is 32.3 Å². The van der Waals surface area contributed by atoms with Crippen molar-refractivity contribution in [2.24, 2.45) is 6.43 Å². The molecule has 0 atom stereocenters. The van der Waals surface area contributed by atoms with Crippen LogP contribution >= 0.6 is 24.4 Å². The van der Waals surface area contributed by atoms with Crippen molar-refractivity contribution in [1.29, 1.82) is 0 Å². The molecule has 0 aromatic rings. The monoisotopic (exact) mass is 1050 g/mol. The number of rotatable bonds is 48. The molecule has 0 aromatic heterocycles. The fraction of sp³-hybridized carbons (Fsp3) is 0.960. The normalized spacial score (nSPS) is 11.9. The minimum atomic E-state index is -3.51. The zero-order chi connectivity index (χ0) is 41.6. The molecule has 7 heteroatoms. The molecule has 0 aliphatic carbocycles. The maximum atomic E-state index is 7.87. The fourth-order valence-electron chi connectivity index (χ4n) is 8.80. The van der Waals surface area contributed by atoms with E-state index in [0.717, 1.165) is 17.7 Å². The third-order valence-corrected chi connectivity index (χ3v) is 46.3. The summed E-state index contributed by atoms with van der Waals surface area (Å²) in [6, 6.07) is 0. The Kier molecular flexibility index (Phi) is 47.6. The molecule has 0 saturated heterocycles. The van der Waals surface area contributed by atoms with Crippen LogP contribution in [-0.4, -0.2) is 48.5 Å². The Bertz CT molecular complexity index is 804. The first-order valence-corrected chi connectivity index (χ1v) is 39.7. The Morgan fingerprint density at radius 2 is 0.439 bits per heavy atom. The molecule has 0 unspecified atom stereocenters. The summed E-state index contributed by atoms with van der Waals surface area (Å²) in [5, 5.41) is 5.97. The first-order chi connectivity index (χ1) is 28.1. The summed E-state index contributed by atoms with van der Waals surface area (Å²) in [6.07, 6.45) is 54.5. The SMILES string of the molecule is CCCCCCCCCCC[CH2][Sn]([CH2]CCCCCCCCCCC)([N]=C=S)[O][Sn]([CH2]CCCCCCCCCCC)([CH2]CCCCCCCCCCC)[N]=C=S. The molecule has 0 rings (SSSR count). The Hall–Kier alpha value is 1.16. The van der Waals surface area contributed by atoms with Crippen molar-refractivity contribution in [3.05, 3.63) is 0 Å². The Morgan fingerprint density at radius 3 is 0.596 bits per heavy atom. The van der Waals surface area contributed by atoms with Crippen LogP contribution in [-0.2, 0) is 1.41 Å². The van der Waals surface area contributed by atoms with Crippen LogP contribution in [0.3, 0.4) is 0 Å². The van der Waals surface area contributed by atoms with Gasteiger partial charge in [0.1, 0.15) is 0 Å². The predicted octanol–water partition coefficient (Wildman–Crippen LogP) is 19.8. The summed E-state index contributed by atoms with van der Waals surface area (Å²) in [5.74, 6) is 0. The molecule has 0 amide bonds. The molecule has 0 saturated carbocycles. The molecule has 0 N–H and O–H groups in total. The zero-order valence-corrected chi connectivity index (χ0v) is 46.6. The minimum absolute atomic E-state index is 1.16. The molecule has 0 aromatic carbocycles. The van der Waals surface area contributed by atoms with Gasteiger partial charge in [-0.2, -0.15) is 0 Å². The van der Waals surface area contributed by atoms with E-state index in [9.17, 15) is 0 Å². The van der Waals surface area contributed by atoms with Crippen molar-refractivity contribution >= 4 is 72.9 Å². The van der Waals surface area contributed by atoms with E-state index in [1.807, 2.05) is 0 Å². The first-order valence-electron chi connectivity index (χ1n) is 26.0. The fourth-order valence-corrected chi connectivity index (χ4v) is 50.4. The van der Waals surface area contributed by atoms with Gasteiger partial charge in [0.15, 0.2) is 0 Å². The molecule has 0 spiro atoms. The second-order valence-corrected chi connectivity index (χ2v) is 40.8. The van der Waals surface area contributed by atoms with Crippen molar-refractivity contribution < 1.29 is 1.41 Å². The topological polar surface area (TPSA) is 34.0 Å². The van der Waals surface area contributed by atoms with E-state index in [0.29, 0.717) is 0 Å². The Labute approximate surface area is 379 Å². The Morgan fingerprint density at radius 1 is 0.281 bits per heavy atom. The summed E-state index contributed by atoms with van der Waals surface area (Å²) >= 11 is 3.94. The number of hydrogen-bond acceptors (Lipinski definition) is 5. The summed E-state index contributed by atoms with van der Waals surface area (Å²) in [7, 11) is 0. The van der Waals surface area contributed by atoms with E-state index in [-0.39, 0.29) is 0 Å². The second-order valence-electron chi connectivity index (χ2n) is 18.1. The predicted molar refractivity (Wildman–Crippen MR) is 269 cm³/mol. The van der Waals surface area contributed by atoms with Crippen LogP contribution in [0.25, 0.3) is 0 Å². The van der Waals surface area contributed by atoms with Crippen molar-refractivity contribution in [1.82, 2.24) is 0 Å². The van der Waals surface area contributed by atoms with Crippen LogP contribution in [0.1, 0.15) is 285 Å². The van der Waals surface area contributed by atoms with Gasteiger partial charge in [0.25, 0.3) is 0 Å². The average molecular weight is 1050 g/mol. The molecule has 0 aliphatic rings. The van der Waals surface area contributed by atoms with Gasteiger partial charge in [0, 0.05) is 0 Å². The number of unbranched alkanes of at least 4 members (excludes halogenated alkanes) is 36. The summed E-state index contributed by atoms with van der Waals surface area (Å²) in [5.41, 5.74) is 0. The van der Waals surface area contributed by atoms with E-state index in [1.54, 1.807) is 0 Å². The van der Waals surface area contributed by atoms with Gasteiger partial charge >= 0.3 is 383 Å². The summed E-state index contributed by atoms with van der Waals surface area (Å²) in [4.78, 5) is 0. The van der Waals surface area contributed by atoms with Crippen LogP contribution < -0.4 is 0 Å². The molecule has 0 fully saturated rings. The third kappa shape index (κ3) is 38.6. The van der Waals surface area contributed by atoms with Gasteiger partial charge in [-0.1, -0.05) is 0 Å². The third-order valence-electron chi connectivity index (χ3n) is 12.6. The van der Waals surface area contributed by atoms with Gasteiger partial charge in [-0.15, -0.1) is 0 Å². The molecule has 0 radical (unpaired) electrons. The van der Waals surface area contributed by atoms with Crippen molar-refractivity contribution in [2.45, 2.75) is 302 Å². The second kappa shape index (κ2) is 46.7. The van der Waals surface area contributed by atoms with Crippen molar-refractivity contribution in [2.75, 3.05) is 0 Å². The average Bonchev–Trinajstić information content (AvgIpc) is 3.21. The molecule has 0 heterocycles. The number of thiocarbonyl (C=S) groups is 2. The standard InChI is InChI=1S/4C12H25.2CNS.O.2Sn/c4*1-3-5-7-9-11-12-10-8-6-4-2;2*2-1-3;;;/h4*1,3-12H2,2H3;;;;;/q;;;;2*-1;;2*+1. The zero-order valence-electron chi connectivity index (χ0n) is 39.2. The van der Waals surface area contributed by atoms with E-state index < -0.39 is 38.1 Å². The van der Waals surface area contributed by atoms with E-state index >= 15 is 0 Å². The molecule has 57 heavy (non-hydrogen) atoms. The molecule has 0 bridgehead atoms. The van der Waals surface area contributed by atoms with Crippen LogP contribution in [0.15, 0.2) is 6.43 Å². The Balaban J connectivity index is 5.70. The van der Waals surface area contributed by atoms with Crippen LogP contribution in [0.4, 0.5) is 0 Å². The molecular formula is C50H100N2OS2Sn2. The van der Waals surface area contributed by atoms with Crippen LogP contribution in [0.5, 0.6) is 0 Å². The van der Waals surface area contributed by atoms with E-state index in [1.165, 1.54) is 257 Å². The van der Waals surface area contributed by atoms with Gasteiger partial charge in [0.2, 0.25) is 0 Å². The number of hydrogen-bond donors (Lipinski definition) is 0. The van der Waals surface area contributed by atoms with Crippen LogP contribution in [0.2, 0.25) is 17.7 Å². The van der Waals surface area contributed by atoms with Gasteiger partial charge in [0.05, 0.1) is 0 Å².